The van der Waals surface area contributed by atoms with Crippen molar-refractivity contribution in [2.24, 2.45) is 0 Å². The fourth-order valence-electron chi connectivity index (χ4n) is 2.58. The van der Waals surface area contributed by atoms with Crippen LogP contribution in [-0.4, -0.2) is 22.9 Å². The number of benzene rings is 1. The summed E-state index contributed by atoms with van der Waals surface area (Å²) in [4.78, 5) is 23.6. The number of carbonyl (C=O) groups is 2. The third kappa shape index (κ3) is 1.68. The molecule has 1 amide bonds. The van der Waals surface area contributed by atoms with Gasteiger partial charge in [-0.25, -0.2) is 0 Å². The Hall–Kier alpha value is -2.36. The summed E-state index contributed by atoms with van der Waals surface area (Å²) < 4.78 is 1.59. The van der Waals surface area contributed by atoms with Crippen molar-refractivity contribution in [3.05, 3.63) is 41.6 Å². The first-order chi connectivity index (χ1) is 9.09. The number of aromatic nitrogens is 1. The SMILES string of the molecule is CC(=O)n1cc(C2=C(C)CNC2=O)c2ccccc21. The maximum absolute atomic E-state index is 11.9. The molecule has 19 heavy (non-hydrogen) atoms. The first kappa shape index (κ1) is 11.7. The van der Waals surface area contributed by atoms with Crippen LogP contribution in [0.25, 0.3) is 16.5 Å². The Morgan fingerprint density at radius 2 is 2.05 bits per heavy atom. The second-order valence-corrected chi connectivity index (χ2v) is 4.79. The van der Waals surface area contributed by atoms with Gasteiger partial charge in [-0.1, -0.05) is 18.2 Å². The van der Waals surface area contributed by atoms with Gasteiger partial charge in [0.15, 0.2) is 0 Å². The summed E-state index contributed by atoms with van der Waals surface area (Å²) in [5, 5.41) is 3.75. The fraction of sp³-hybridized carbons (Fsp3) is 0.200. The molecule has 0 aliphatic carbocycles. The van der Waals surface area contributed by atoms with Gasteiger partial charge < -0.3 is 5.32 Å². The first-order valence-electron chi connectivity index (χ1n) is 6.19. The Labute approximate surface area is 110 Å². The van der Waals surface area contributed by atoms with E-state index in [1.165, 1.54) is 6.92 Å². The van der Waals surface area contributed by atoms with Crippen molar-refractivity contribution in [1.29, 1.82) is 0 Å². The molecule has 96 valence electrons. The molecule has 0 spiro atoms. The highest BCUT2D eigenvalue weighted by Crippen LogP contribution is 2.31. The minimum atomic E-state index is -0.0658. The molecule has 3 rings (SSSR count). The van der Waals surface area contributed by atoms with Crippen molar-refractivity contribution in [3.8, 4) is 0 Å². The number of para-hydroxylation sites is 1. The highest BCUT2D eigenvalue weighted by molar-refractivity contribution is 6.25. The average Bonchev–Trinajstić information content (AvgIpc) is 2.91. The summed E-state index contributed by atoms with van der Waals surface area (Å²) in [6.45, 7) is 4.03. The minimum Gasteiger partial charge on any atom is -0.348 e. The zero-order chi connectivity index (χ0) is 13.6. The molecular weight excluding hydrogens is 240 g/mol. The van der Waals surface area contributed by atoms with Gasteiger partial charge >= 0.3 is 0 Å². The van der Waals surface area contributed by atoms with Gasteiger partial charge in [0.1, 0.15) is 0 Å². The molecule has 1 aliphatic rings. The Morgan fingerprint density at radius 3 is 2.68 bits per heavy atom. The summed E-state index contributed by atoms with van der Waals surface area (Å²) in [5.74, 6) is -0.122. The van der Waals surface area contributed by atoms with E-state index in [0.29, 0.717) is 12.1 Å². The molecule has 2 aromatic rings. The number of rotatable bonds is 1. The van der Waals surface area contributed by atoms with Crippen LogP contribution in [0.15, 0.2) is 36.0 Å². The number of hydrogen-bond donors (Lipinski definition) is 1. The summed E-state index contributed by atoms with van der Waals surface area (Å²) >= 11 is 0. The van der Waals surface area contributed by atoms with E-state index < -0.39 is 0 Å². The van der Waals surface area contributed by atoms with E-state index in [1.807, 2.05) is 31.2 Å². The summed E-state index contributed by atoms with van der Waals surface area (Å²) in [6.07, 6.45) is 1.76. The molecule has 1 aromatic heterocycles. The second-order valence-electron chi connectivity index (χ2n) is 4.79. The largest absolute Gasteiger partial charge is 0.348 e. The molecule has 0 atom stereocenters. The Balaban J connectivity index is 2.34. The van der Waals surface area contributed by atoms with Crippen molar-refractivity contribution in [1.82, 2.24) is 9.88 Å². The molecule has 1 N–H and O–H groups in total. The quantitative estimate of drug-likeness (QED) is 0.848. The summed E-state index contributed by atoms with van der Waals surface area (Å²) in [6, 6.07) is 7.64. The molecule has 4 nitrogen and oxygen atoms in total. The maximum atomic E-state index is 11.9. The lowest BCUT2D eigenvalue weighted by molar-refractivity contribution is -0.114. The molecule has 0 saturated heterocycles. The van der Waals surface area contributed by atoms with E-state index in [4.69, 9.17) is 0 Å². The van der Waals surface area contributed by atoms with E-state index in [9.17, 15) is 9.59 Å². The zero-order valence-electron chi connectivity index (χ0n) is 10.9. The third-order valence-corrected chi connectivity index (χ3v) is 3.49. The molecular formula is C15H14N2O2. The number of amides is 1. The van der Waals surface area contributed by atoms with Crippen LogP contribution in [0.4, 0.5) is 0 Å². The van der Waals surface area contributed by atoms with E-state index in [-0.39, 0.29) is 11.8 Å². The highest BCUT2D eigenvalue weighted by Gasteiger charge is 2.24. The van der Waals surface area contributed by atoms with E-state index >= 15 is 0 Å². The minimum absolute atomic E-state index is 0.0564. The fourth-order valence-corrected chi connectivity index (χ4v) is 2.58. The van der Waals surface area contributed by atoms with Crippen molar-refractivity contribution >= 4 is 28.3 Å². The summed E-state index contributed by atoms with van der Waals surface area (Å²) in [7, 11) is 0. The Morgan fingerprint density at radius 1 is 1.32 bits per heavy atom. The van der Waals surface area contributed by atoms with Gasteiger partial charge in [0.05, 0.1) is 5.52 Å². The number of carbonyl (C=O) groups excluding carboxylic acids is 2. The number of nitrogens with one attached hydrogen (secondary N) is 1. The van der Waals surface area contributed by atoms with Gasteiger partial charge in [-0.2, -0.15) is 0 Å². The molecule has 1 aromatic carbocycles. The van der Waals surface area contributed by atoms with Crippen LogP contribution in [0.3, 0.4) is 0 Å². The van der Waals surface area contributed by atoms with Crippen LogP contribution in [0, 0.1) is 0 Å². The predicted molar refractivity (Wildman–Crippen MR) is 73.8 cm³/mol. The average molecular weight is 254 g/mol. The predicted octanol–water partition coefficient (Wildman–Crippen LogP) is 2.20. The molecule has 0 unspecified atom stereocenters. The summed E-state index contributed by atoms with van der Waals surface area (Å²) in [5.41, 5.74) is 3.37. The molecule has 0 fully saturated rings. The smallest absolute Gasteiger partial charge is 0.252 e. The van der Waals surface area contributed by atoms with Gasteiger partial charge in [0.2, 0.25) is 5.91 Å². The standard InChI is InChI=1S/C15H14N2O2/c1-9-7-16-15(19)14(9)12-8-17(10(2)18)13-6-4-3-5-11(12)13/h3-6,8H,7H2,1-2H3,(H,16,19). The monoisotopic (exact) mass is 254 g/mol. The molecule has 0 saturated carbocycles. The van der Waals surface area contributed by atoms with Gasteiger partial charge in [0, 0.05) is 36.2 Å². The molecule has 2 heterocycles. The van der Waals surface area contributed by atoms with Gasteiger partial charge in [-0.3, -0.25) is 14.2 Å². The number of nitrogens with zero attached hydrogens (tertiary/aromatic N) is 1. The second kappa shape index (κ2) is 4.09. The van der Waals surface area contributed by atoms with Crippen molar-refractivity contribution < 1.29 is 9.59 Å². The Kier molecular flexibility index (Phi) is 2.52. The molecule has 0 radical (unpaired) electrons. The highest BCUT2D eigenvalue weighted by atomic mass is 16.2. The third-order valence-electron chi connectivity index (χ3n) is 3.49. The van der Waals surface area contributed by atoms with Crippen molar-refractivity contribution in [2.45, 2.75) is 13.8 Å². The number of fused-ring (bicyclic) bond motifs is 1. The van der Waals surface area contributed by atoms with Gasteiger partial charge in [-0.05, 0) is 18.6 Å². The molecule has 4 heteroatoms. The Bertz CT molecular complexity index is 738. The van der Waals surface area contributed by atoms with Crippen LogP contribution in [-0.2, 0) is 4.79 Å². The maximum Gasteiger partial charge on any atom is 0.252 e. The normalized spacial score (nSPS) is 15.2. The van der Waals surface area contributed by atoms with E-state index in [0.717, 1.165) is 22.0 Å². The topological polar surface area (TPSA) is 51.1 Å². The molecule has 1 aliphatic heterocycles. The van der Waals surface area contributed by atoms with Crippen LogP contribution in [0.1, 0.15) is 24.2 Å². The lowest BCUT2D eigenvalue weighted by Gasteiger charge is -1.99. The van der Waals surface area contributed by atoms with Crippen molar-refractivity contribution in [3.63, 3.8) is 0 Å². The van der Waals surface area contributed by atoms with Crippen LogP contribution < -0.4 is 5.32 Å². The number of hydrogen-bond acceptors (Lipinski definition) is 2. The van der Waals surface area contributed by atoms with Gasteiger partial charge in [-0.15, -0.1) is 0 Å². The van der Waals surface area contributed by atoms with E-state index in [2.05, 4.69) is 5.32 Å². The lowest BCUT2D eigenvalue weighted by atomic mass is 10.0. The van der Waals surface area contributed by atoms with Gasteiger partial charge in [0.25, 0.3) is 5.91 Å². The molecule has 0 bridgehead atoms. The zero-order valence-corrected chi connectivity index (χ0v) is 10.9. The lowest BCUT2D eigenvalue weighted by Crippen LogP contribution is -2.16. The van der Waals surface area contributed by atoms with Crippen LogP contribution >= 0.6 is 0 Å². The first-order valence-corrected chi connectivity index (χ1v) is 6.19. The van der Waals surface area contributed by atoms with Crippen LogP contribution in [0.5, 0.6) is 0 Å². The van der Waals surface area contributed by atoms with Crippen LogP contribution in [0.2, 0.25) is 0 Å². The van der Waals surface area contributed by atoms with E-state index in [1.54, 1.807) is 10.8 Å². The van der Waals surface area contributed by atoms with Crippen molar-refractivity contribution in [2.75, 3.05) is 6.54 Å².